The highest BCUT2D eigenvalue weighted by Gasteiger charge is 1.99. The molecule has 12 heavy (non-hydrogen) atoms. The van der Waals surface area contributed by atoms with Gasteiger partial charge in [0.2, 0.25) is 0 Å². The van der Waals surface area contributed by atoms with Crippen molar-refractivity contribution in [2.75, 3.05) is 6.54 Å². The largest absolute Gasteiger partial charge is 0.335 e. The van der Waals surface area contributed by atoms with E-state index in [2.05, 4.69) is 16.5 Å². The van der Waals surface area contributed by atoms with E-state index in [1.807, 2.05) is 12.4 Å². The van der Waals surface area contributed by atoms with Crippen molar-refractivity contribution in [3.05, 3.63) is 18.2 Å². The first-order chi connectivity index (χ1) is 5.88. The number of nitrogens with two attached hydrogens (primary N) is 1. The Balaban J connectivity index is 2.51. The third-order valence-electron chi connectivity index (χ3n) is 1.92. The topological polar surface area (TPSA) is 43.8 Å². The Morgan fingerprint density at radius 1 is 1.58 bits per heavy atom. The quantitative estimate of drug-likeness (QED) is 0.715. The summed E-state index contributed by atoms with van der Waals surface area (Å²) in [6, 6.07) is 0. The Kier molecular flexibility index (Phi) is 3.80. The monoisotopic (exact) mass is 167 g/mol. The molecule has 0 bridgehead atoms. The van der Waals surface area contributed by atoms with Gasteiger partial charge in [-0.05, 0) is 13.0 Å². The third-order valence-corrected chi connectivity index (χ3v) is 1.92. The molecule has 1 aromatic heterocycles. The number of hydrogen-bond acceptors (Lipinski definition) is 2. The first kappa shape index (κ1) is 9.26. The Labute approximate surface area is 73.6 Å². The molecular weight excluding hydrogens is 150 g/mol. The van der Waals surface area contributed by atoms with E-state index >= 15 is 0 Å². The Hall–Kier alpha value is -0.830. The van der Waals surface area contributed by atoms with Crippen LogP contribution in [0.4, 0.5) is 0 Å². The third kappa shape index (κ3) is 2.34. The summed E-state index contributed by atoms with van der Waals surface area (Å²) in [6.07, 6.45) is 7.20. The van der Waals surface area contributed by atoms with Gasteiger partial charge < -0.3 is 10.3 Å². The minimum Gasteiger partial charge on any atom is -0.335 e. The smallest absolute Gasteiger partial charge is 0.109 e. The van der Waals surface area contributed by atoms with E-state index in [1.165, 1.54) is 12.8 Å². The summed E-state index contributed by atoms with van der Waals surface area (Å²) in [4.78, 5) is 4.24. The van der Waals surface area contributed by atoms with Gasteiger partial charge in [0.05, 0.1) is 0 Å². The fourth-order valence-electron chi connectivity index (χ4n) is 1.23. The van der Waals surface area contributed by atoms with Gasteiger partial charge in [-0.3, -0.25) is 0 Å². The lowest BCUT2D eigenvalue weighted by Gasteiger charge is -2.04. The lowest BCUT2D eigenvalue weighted by molar-refractivity contribution is 0.601. The summed E-state index contributed by atoms with van der Waals surface area (Å²) in [7, 11) is 0. The minimum atomic E-state index is 0.684. The van der Waals surface area contributed by atoms with Crippen LogP contribution in [-0.2, 0) is 13.0 Å². The zero-order valence-electron chi connectivity index (χ0n) is 7.66. The van der Waals surface area contributed by atoms with E-state index in [0.717, 1.165) is 18.8 Å². The van der Waals surface area contributed by atoms with Crippen LogP contribution in [0.2, 0.25) is 0 Å². The van der Waals surface area contributed by atoms with Crippen LogP contribution >= 0.6 is 0 Å². The van der Waals surface area contributed by atoms with Crippen molar-refractivity contribution in [2.24, 2.45) is 5.73 Å². The molecule has 68 valence electrons. The van der Waals surface area contributed by atoms with Crippen LogP contribution < -0.4 is 5.73 Å². The number of imidazole rings is 1. The minimum absolute atomic E-state index is 0.684. The highest BCUT2D eigenvalue weighted by Crippen LogP contribution is 2.00. The first-order valence-corrected chi connectivity index (χ1v) is 4.58. The van der Waals surface area contributed by atoms with Gasteiger partial charge in [0.1, 0.15) is 5.82 Å². The predicted octanol–water partition coefficient (Wildman–Crippen LogP) is 1.18. The second-order valence-electron chi connectivity index (χ2n) is 2.93. The molecule has 2 N–H and O–H groups in total. The van der Waals surface area contributed by atoms with E-state index in [4.69, 9.17) is 5.73 Å². The van der Waals surface area contributed by atoms with Gasteiger partial charge in [-0.15, -0.1) is 0 Å². The van der Waals surface area contributed by atoms with Gasteiger partial charge in [-0.25, -0.2) is 4.98 Å². The van der Waals surface area contributed by atoms with Gasteiger partial charge in [-0.1, -0.05) is 13.3 Å². The first-order valence-electron chi connectivity index (χ1n) is 4.58. The summed E-state index contributed by atoms with van der Waals surface area (Å²) in [5.41, 5.74) is 5.46. The van der Waals surface area contributed by atoms with E-state index < -0.39 is 0 Å². The molecule has 0 saturated carbocycles. The second kappa shape index (κ2) is 4.93. The summed E-state index contributed by atoms with van der Waals surface area (Å²) in [5.74, 6) is 1.12. The van der Waals surface area contributed by atoms with Crippen molar-refractivity contribution in [1.29, 1.82) is 0 Å². The lowest BCUT2D eigenvalue weighted by Crippen LogP contribution is -2.09. The predicted molar refractivity (Wildman–Crippen MR) is 49.9 cm³/mol. The maximum atomic E-state index is 5.46. The molecule has 0 aliphatic carbocycles. The van der Waals surface area contributed by atoms with Gasteiger partial charge in [-0.2, -0.15) is 0 Å². The average molecular weight is 167 g/mol. The van der Waals surface area contributed by atoms with Gasteiger partial charge in [0, 0.05) is 25.4 Å². The van der Waals surface area contributed by atoms with E-state index in [-0.39, 0.29) is 0 Å². The fraction of sp³-hybridized carbons (Fsp3) is 0.667. The van der Waals surface area contributed by atoms with E-state index in [9.17, 15) is 0 Å². The van der Waals surface area contributed by atoms with Crippen LogP contribution in [0.5, 0.6) is 0 Å². The normalized spacial score (nSPS) is 10.5. The van der Waals surface area contributed by atoms with Crippen molar-refractivity contribution in [2.45, 2.75) is 32.7 Å². The molecule has 3 heteroatoms. The Morgan fingerprint density at radius 2 is 2.42 bits per heavy atom. The van der Waals surface area contributed by atoms with Crippen LogP contribution in [0.25, 0.3) is 0 Å². The second-order valence-corrected chi connectivity index (χ2v) is 2.93. The molecule has 1 aromatic rings. The van der Waals surface area contributed by atoms with Crippen LogP contribution in [-0.4, -0.2) is 16.1 Å². The number of rotatable bonds is 5. The van der Waals surface area contributed by atoms with Crippen molar-refractivity contribution >= 4 is 0 Å². The molecule has 0 aliphatic rings. The highest BCUT2D eigenvalue weighted by atomic mass is 15.1. The highest BCUT2D eigenvalue weighted by molar-refractivity contribution is 4.92. The Morgan fingerprint density at radius 3 is 3.08 bits per heavy atom. The number of aromatic nitrogens is 2. The zero-order valence-corrected chi connectivity index (χ0v) is 7.66. The van der Waals surface area contributed by atoms with Crippen LogP contribution in [0.3, 0.4) is 0 Å². The maximum absolute atomic E-state index is 5.46. The molecule has 1 heterocycles. The summed E-state index contributed by atoms with van der Waals surface area (Å²) in [5, 5.41) is 0. The van der Waals surface area contributed by atoms with Crippen molar-refractivity contribution < 1.29 is 0 Å². The summed E-state index contributed by atoms with van der Waals surface area (Å²) < 4.78 is 2.19. The molecule has 0 aromatic carbocycles. The number of unbranched alkanes of at least 4 members (excludes halogenated alkanes) is 1. The SMILES string of the molecule is CCCCn1ccnc1CCN. The zero-order chi connectivity index (χ0) is 8.81. The number of nitrogens with zero attached hydrogens (tertiary/aromatic N) is 2. The summed E-state index contributed by atoms with van der Waals surface area (Å²) >= 11 is 0. The standard InChI is InChI=1S/C9H17N3/c1-2-3-7-12-8-6-11-9(12)4-5-10/h6,8H,2-5,7,10H2,1H3. The molecule has 1 rings (SSSR count). The van der Waals surface area contributed by atoms with Crippen molar-refractivity contribution in [3.63, 3.8) is 0 Å². The number of aryl methyl sites for hydroxylation is 1. The van der Waals surface area contributed by atoms with Crippen molar-refractivity contribution in [3.8, 4) is 0 Å². The van der Waals surface area contributed by atoms with Crippen LogP contribution in [0, 0.1) is 0 Å². The van der Waals surface area contributed by atoms with Crippen LogP contribution in [0.15, 0.2) is 12.4 Å². The molecule has 0 fully saturated rings. The van der Waals surface area contributed by atoms with E-state index in [0.29, 0.717) is 6.54 Å². The Bertz CT molecular complexity index is 217. The average Bonchev–Trinajstić information content (AvgIpc) is 2.50. The molecular formula is C9H17N3. The molecule has 3 nitrogen and oxygen atoms in total. The maximum Gasteiger partial charge on any atom is 0.109 e. The molecule has 0 spiro atoms. The van der Waals surface area contributed by atoms with E-state index in [1.54, 1.807) is 0 Å². The molecule has 0 aliphatic heterocycles. The molecule has 0 unspecified atom stereocenters. The molecule has 0 amide bonds. The van der Waals surface area contributed by atoms with Crippen molar-refractivity contribution in [1.82, 2.24) is 9.55 Å². The molecule has 0 atom stereocenters. The molecule has 0 radical (unpaired) electrons. The van der Waals surface area contributed by atoms with Crippen LogP contribution in [0.1, 0.15) is 25.6 Å². The van der Waals surface area contributed by atoms with Gasteiger partial charge >= 0.3 is 0 Å². The lowest BCUT2D eigenvalue weighted by atomic mass is 10.3. The van der Waals surface area contributed by atoms with Gasteiger partial charge in [0.15, 0.2) is 0 Å². The summed E-state index contributed by atoms with van der Waals surface area (Å²) in [6.45, 7) is 3.95. The van der Waals surface area contributed by atoms with Gasteiger partial charge in [0.25, 0.3) is 0 Å². The number of hydrogen-bond donors (Lipinski definition) is 1. The fourth-order valence-corrected chi connectivity index (χ4v) is 1.23. The molecule has 0 saturated heterocycles.